The monoisotopic (exact) mass is 252 g/mol. The summed E-state index contributed by atoms with van der Waals surface area (Å²) in [7, 11) is 3.98. The van der Waals surface area contributed by atoms with Crippen molar-refractivity contribution in [1.29, 1.82) is 5.26 Å². The van der Waals surface area contributed by atoms with E-state index in [4.69, 9.17) is 5.26 Å². The van der Waals surface area contributed by atoms with Crippen LogP contribution < -0.4 is 10.2 Å². The summed E-state index contributed by atoms with van der Waals surface area (Å²) in [5.41, 5.74) is 3.43. The molecule has 0 amide bonds. The molecular weight excluding hydrogens is 236 g/mol. The number of nitriles is 1. The van der Waals surface area contributed by atoms with E-state index >= 15 is 0 Å². The van der Waals surface area contributed by atoms with Crippen LogP contribution in [0, 0.1) is 18.3 Å². The van der Waals surface area contributed by atoms with E-state index in [1.165, 1.54) is 0 Å². The predicted octanol–water partition coefficient (Wildman–Crippen LogP) is 3.07. The highest BCUT2D eigenvalue weighted by Crippen LogP contribution is 2.22. The van der Waals surface area contributed by atoms with Crippen LogP contribution in [0.1, 0.15) is 11.3 Å². The summed E-state index contributed by atoms with van der Waals surface area (Å²) in [4.78, 5) is 6.39. The number of nitrogens with one attached hydrogen (secondary N) is 1. The number of hydrogen-bond acceptors (Lipinski definition) is 4. The van der Waals surface area contributed by atoms with Crippen LogP contribution in [-0.4, -0.2) is 19.1 Å². The van der Waals surface area contributed by atoms with Crippen LogP contribution in [-0.2, 0) is 0 Å². The molecule has 0 fully saturated rings. The van der Waals surface area contributed by atoms with E-state index in [-0.39, 0.29) is 0 Å². The van der Waals surface area contributed by atoms with Gasteiger partial charge in [-0.3, -0.25) is 0 Å². The smallest absolute Gasteiger partial charge is 0.148 e. The van der Waals surface area contributed by atoms with Crippen LogP contribution in [0.25, 0.3) is 0 Å². The Hall–Kier alpha value is -2.54. The first-order chi connectivity index (χ1) is 9.10. The third kappa shape index (κ3) is 3.02. The Balaban J connectivity index is 2.33. The Labute approximate surface area is 113 Å². The van der Waals surface area contributed by atoms with E-state index in [2.05, 4.69) is 16.4 Å². The summed E-state index contributed by atoms with van der Waals surface area (Å²) in [6.45, 7) is 1.91. The van der Waals surface area contributed by atoms with E-state index in [1.807, 2.05) is 56.3 Å². The molecule has 1 N–H and O–H groups in total. The van der Waals surface area contributed by atoms with Crippen molar-refractivity contribution >= 4 is 17.2 Å². The minimum absolute atomic E-state index is 0.542. The van der Waals surface area contributed by atoms with Crippen molar-refractivity contribution in [2.75, 3.05) is 24.3 Å². The molecule has 2 aromatic rings. The molecule has 2 rings (SSSR count). The van der Waals surface area contributed by atoms with Crippen molar-refractivity contribution in [3.63, 3.8) is 0 Å². The summed E-state index contributed by atoms with van der Waals surface area (Å²) in [6.07, 6.45) is 0. The zero-order chi connectivity index (χ0) is 13.8. The van der Waals surface area contributed by atoms with Crippen LogP contribution >= 0.6 is 0 Å². The third-order valence-corrected chi connectivity index (χ3v) is 2.78. The SMILES string of the molecule is Cc1ccc(C#N)c(Nc2cccc(N(C)C)c2)n1. The number of nitrogens with zero attached hydrogens (tertiary/aromatic N) is 3. The zero-order valence-corrected chi connectivity index (χ0v) is 11.3. The molecular formula is C15H16N4. The normalized spacial score (nSPS) is 9.79. The fraction of sp³-hybridized carbons (Fsp3) is 0.200. The first-order valence-corrected chi connectivity index (χ1v) is 6.02. The highest BCUT2D eigenvalue weighted by Gasteiger charge is 2.05. The molecule has 0 radical (unpaired) electrons. The molecule has 0 saturated heterocycles. The maximum absolute atomic E-state index is 9.09. The van der Waals surface area contributed by atoms with Crippen LogP contribution in [0.15, 0.2) is 36.4 Å². The number of aryl methyl sites for hydroxylation is 1. The lowest BCUT2D eigenvalue weighted by atomic mass is 10.2. The lowest BCUT2D eigenvalue weighted by Crippen LogP contribution is -2.08. The minimum Gasteiger partial charge on any atom is -0.378 e. The van der Waals surface area contributed by atoms with Crippen molar-refractivity contribution in [3.8, 4) is 6.07 Å². The topological polar surface area (TPSA) is 52.0 Å². The Morgan fingerprint density at radius 2 is 2.00 bits per heavy atom. The van der Waals surface area contributed by atoms with Gasteiger partial charge < -0.3 is 10.2 Å². The second-order valence-electron chi connectivity index (χ2n) is 4.53. The average molecular weight is 252 g/mol. The quantitative estimate of drug-likeness (QED) is 0.912. The van der Waals surface area contributed by atoms with Gasteiger partial charge in [0.25, 0.3) is 0 Å². The van der Waals surface area contributed by atoms with Crippen LogP contribution in [0.5, 0.6) is 0 Å². The molecule has 0 aliphatic carbocycles. The molecule has 4 nitrogen and oxygen atoms in total. The molecule has 1 aromatic carbocycles. The van der Waals surface area contributed by atoms with Gasteiger partial charge in [-0.25, -0.2) is 4.98 Å². The zero-order valence-electron chi connectivity index (χ0n) is 11.3. The maximum Gasteiger partial charge on any atom is 0.148 e. The fourth-order valence-electron chi connectivity index (χ4n) is 1.74. The fourth-order valence-corrected chi connectivity index (χ4v) is 1.74. The molecule has 1 aromatic heterocycles. The molecule has 4 heteroatoms. The van der Waals surface area contributed by atoms with Crippen molar-refractivity contribution in [2.45, 2.75) is 6.92 Å². The van der Waals surface area contributed by atoms with Crippen molar-refractivity contribution in [2.24, 2.45) is 0 Å². The van der Waals surface area contributed by atoms with Gasteiger partial charge in [-0.15, -0.1) is 0 Å². The molecule has 0 bridgehead atoms. The average Bonchev–Trinajstić information content (AvgIpc) is 2.39. The molecule has 1 heterocycles. The van der Waals surface area contributed by atoms with Gasteiger partial charge in [-0.1, -0.05) is 6.07 Å². The third-order valence-electron chi connectivity index (χ3n) is 2.78. The molecule has 0 aliphatic rings. The lowest BCUT2D eigenvalue weighted by molar-refractivity contribution is 1.13. The van der Waals surface area contributed by atoms with Crippen LogP contribution in [0.2, 0.25) is 0 Å². The number of pyridine rings is 1. The molecule has 0 spiro atoms. The highest BCUT2D eigenvalue weighted by atomic mass is 15.1. The second kappa shape index (κ2) is 5.40. The van der Waals surface area contributed by atoms with Gasteiger partial charge in [0.15, 0.2) is 0 Å². The summed E-state index contributed by atoms with van der Waals surface area (Å²) in [5.74, 6) is 0.596. The predicted molar refractivity (Wildman–Crippen MR) is 77.7 cm³/mol. The van der Waals surface area contributed by atoms with E-state index < -0.39 is 0 Å². The van der Waals surface area contributed by atoms with E-state index in [9.17, 15) is 0 Å². The Kier molecular flexibility index (Phi) is 3.67. The second-order valence-corrected chi connectivity index (χ2v) is 4.53. The van der Waals surface area contributed by atoms with Gasteiger partial charge in [0.05, 0.1) is 5.56 Å². The van der Waals surface area contributed by atoms with E-state index in [0.29, 0.717) is 11.4 Å². The molecule has 0 saturated carbocycles. The molecule has 0 atom stereocenters. The van der Waals surface area contributed by atoms with E-state index in [0.717, 1.165) is 17.1 Å². The van der Waals surface area contributed by atoms with Crippen molar-refractivity contribution < 1.29 is 0 Å². The standard InChI is InChI=1S/C15H16N4/c1-11-7-8-12(10-16)15(17-11)18-13-5-4-6-14(9-13)19(2)3/h4-9H,1-3H3,(H,17,18). The van der Waals surface area contributed by atoms with Gasteiger partial charge in [0, 0.05) is 31.2 Å². The number of aromatic nitrogens is 1. The van der Waals surface area contributed by atoms with Gasteiger partial charge in [-0.05, 0) is 37.3 Å². The first-order valence-electron chi connectivity index (χ1n) is 6.02. The molecule has 0 aliphatic heterocycles. The van der Waals surface area contributed by atoms with Crippen molar-refractivity contribution in [3.05, 3.63) is 47.7 Å². The molecule has 0 unspecified atom stereocenters. The Morgan fingerprint density at radius 3 is 2.68 bits per heavy atom. The minimum atomic E-state index is 0.542. The van der Waals surface area contributed by atoms with E-state index in [1.54, 1.807) is 6.07 Å². The largest absolute Gasteiger partial charge is 0.378 e. The van der Waals surface area contributed by atoms with Gasteiger partial charge in [0.2, 0.25) is 0 Å². The van der Waals surface area contributed by atoms with Gasteiger partial charge in [-0.2, -0.15) is 5.26 Å². The number of benzene rings is 1. The Bertz CT molecular complexity index is 626. The van der Waals surface area contributed by atoms with Gasteiger partial charge in [0.1, 0.15) is 11.9 Å². The van der Waals surface area contributed by atoms with Crippen LogP contribution in [0.4, 0.5) is 17.2 Å². The molecule has 19 heavy (non-hydrogen) atoms. The number of hydrogen-bond donors (Lipinski definition) is 1. The van der Waals surface area contributed by atoms with Gasteiger partial charge >= 0.3 is 0 Å². The highest BCUT2D eigenvalue weighted by molar-refractivity contribution is 5.66. The summed E-state index contributed by atoms with van der Waals surface area (Å²) >= 11 is 0. The Morgan fingerprint density at radius 1 is 1.21 bits per heavy atom. The lowest BCUT2D eigenvalue weighted by Gasteiger charge is -2.14. The maximum atomic E-state index is 9.09. The first kappa shape index (κ1) is 12.9. The number of rotatable bonds is 3. The summed E-state index contributed by atoms with van der Waals surface area (Å²) in [6, 6.07) is 13.7. The number of anilines is 3. The van der Waals surface area contributed by atoms with Crippen molar-refractivity contribution in [1.82, 2.24) is 4.98 Å². The molecule has 96 valence electrons. The summed E-state index contributed by atoms with van der Waals surface area (Å²) in [5, 5.41) is 12.3. The van der Waals surface area contributed by atoms with Crippen LogP contribution in [0.3, 0.4) is 0 Å². The summed E-state index contributed by atoms with van der Waals surface area (Å²) < 4.78 is 0.